The van der Waals surface area contributed by atoms with Gasteiger partial charge in [0.1, 0.15) is 5.75 Å². The van der Waals surface area contributed by atoms with E-state index in [4.69, 9.17) is 9.47 Å². The Balaban J connectivity index is 2.09. The van der Waals surface area contributed by atoms with Gasteiger partial charge in [-0.2, -0.15) is 0 Å². The first-order valence-corrected chi connectivity index (χ1v) is 6.92. The van der Waals surface area contributed by atoms with Gasteiger partial charge >= 0.3 is 11.8 Å². The molecule has 0 aromatic heterocycles. The minimum Gasteiger partial charge on any atom is -0.507 e. The number of fused-ring (bicyclic) bond motifs is 1. The van der Waals surface area contributed by atoms with E-state index in [9.17, 15) is 14.7 Å². The van der Waals surface area contributed by atoms with E-state index in [0.29, 0.717) is 16.5 Å². The Morgan fingerprint density at radius 3 is 2.39 bits per heavy atom. The molecule has 3 N–H and O–H groups in total. The molecule has 0 atom stereocenters. The molecule has 0 fully saturated rings. The third-order valence-electron chi connectivity index (χ3n) is 3.31. The summed E-state index contributed by atoms with van der Waals surface area (Å²) in [6.07, 6.45) is -0.624. The summed E-state index contributed by atoms with van der Waals surface area (Å²) < 4.78 is 9.84. The highest BCUT2D eigenvalue weighted by Gasteiger charge is 2.17. The minimum absolute atomic E-state index is 0.0512. The van der Waals surface area contributed by atoms with Crippen molar-refractivity contribution >= 4 is 28.3 Å². The molecule has 0 aliphatic heterocycles. The fourth-order valence-corrected chi connectivity index (χ4v) is 2.10. The van der Waals surface area contributed by atoms with Crippen LogP contribution in [0.1, 0.15) is 0 Å². The molecular weight excluding hydrogens is 300 g/mol. The highest BCUT2D eigenvalue weighted by molar-refractivity contribution is 6.40. The van der Waals surface area contributed by atoms with Crippen LogP contribution in [0.25, 0.3) is 10.8 Å². The number of ether oxygens (including phenoxy) is 2. The van der Waals surface area contributed by atoms with E-state index in [0.717, 1.165) is 0 Å². The zero-order valence-corrected chi connectivity index (χ0v) is 12.8. The number of phenols is 1. The van der Waals surface area contributed by atoms with Crippen LogP contribution in [0, 0.1) is 0 Å². The second kappa shape index (κ2) is 7.57. The van der Waals surface area contributed by atoms with Gasteiger partial charge in [0.15, 0.2) is 6.29 Å². The molecule has 0 unspecified atom stereocenters. The van der Waals surface area contributed by atoms with Gasteiger partial charge in [-0.1, -0.05) is 24.3 Å². The maximum Gasteiger partial charge on any atom is 0.313 e. The van der Waals surface area contributed by atoms with Gasteiger partial charge in [0.05, 0.1) is 6.54 Å². The van der Waals surface area contributed by atoms with E-state index in [1.54, 1.807) is 36.4 Å². The lowest BCUT2D eigenvalue weighted by molar-refractivity contribution is -0.139. The van der Waals surface area contributed by atoms with Crippen LogP contribution in [-0.2, 0) is 19.1 Å². The van der Waals surface area contributed by atoms with Crippen LogP contribution in [0.4, 0.5) is 5.69 Å². The first kappa shape index (κ1) is 16.7. The Morgan fingerprint density at radius 2 is 1.70 bits per heavy atom. The number of anilines is 1. The van der Waals surface area contributed by atoms with Crippen molar-refractivity contribution in [3.8, 4) is 5.75 Å². The van der Waals surface area contributed by atoms with E-state index in [1.807, 2.05) is 0 Å². The van der Waals surface area contributed by atoms with Gasteiger partial charge < -0.3 is 25.2 Å². The number of methoxy groups -OCH3 is 2. The van der Waals surface area contributed by atoms with E-state index in [-0.39, 0.29) is 12.3 Å². The van der Waals surface area contributed by atoms with Gasteiger partial charge in [-0.05, 0) is 12.1 Å². The smallest absolute Gasteiger partial charge is 0.313 e. The van der Waals surface area contributed by atoms with E-state index in [2.05, 4.69) is 10.6 Å². The van der Waals surface area contributed by atoms with Crippen LogP contribution < -0.4 is 10.6 Å². The summed E-state index contributed by atoms with van der Waals surface area (Å²) in [6, 6.07) is 10.0. The average molecular weight is 318 g/mol. The highest BCUT2D eigenvalue weighted by Crippen LogP contribution is 2.29. The summed E-state index contributed by atoms with van der Waals surface area (Å²) in [6.45, 7) is 0.0512. The van der Waals surface area contributed by atoms with Crippen LogP contribution in [0.3, 0.4) is 0 Å². The quantitative estimate of drug-likeness (QED) is 0.569. The van der Waals surface area contributed by atoms with Crippen LogP contribution in [0.5, 0.6) is 5.75 Å². The van der Waals surface area contributed by atoms with Crippen LogP contribution in [0.15, 0.2) is 36.4 Å². The zero-order chi connectivity index (χ0) is 16.8. The normalized spacial score (nSPS) is 10.7. The van der Waals surface area contributed by atoms with Crippen molar-refractivity contribution in [3.63, 3.8) is 0 Å². The number of hydrogen-bond donors (Lipinski definition) is 3. The van der Waals surface area contributed by atoms with Crippen molar-refractivity contribution in [1.82, 2.24) is 5.32 Å². The molecule has 0 aliphatic carbocycles. The third kappa shape index (κ3) is 3.97. The van der Waals surface area contributed by atoms with Crippen molar-refractivity contribution in [2.45, 2.75) is 6.29 Å². The molecule has 0 saturated carbocycles. The van der Waals surface area contributed by atoms with Gasteiger partial charge in [-0.25, -0.2) is 0 Å². The molecule has 0 saturated heterocycles. The fraction of sp³-hybridized carbons (Fsp3) is 0.250. The molecule has 2 aromatic rings. The number of phenolic OH excluding ortho intramolecular Hbond substituents is 1. The molecule has 0 spiro atoms. The number of nitrogens with one attached hydrogen (secondary N) is 2. The number of benzene rings is 2. The fourth-order valence-electron chi connectivity index (χ4n) is 2.10. The van der Waals surface area contributed by atoms with E-state index < -0.39 is 18.1 Å². The molecule has 2 rings (SSSR count). The SMILES string of the molecule is COC(CNC(=O)C(=O)Nc1cccc2c(O)cccc12)OC. The van der Waals surface area contributed by atoms with Crippen molar-refractivity contribution in [2.24, 2.45) is 0 Å². The first-order valence-electron chi connectivity index (χ1n) is 6.92. The molecule has 0 bridgehead atoms. The largest absolute Gasteiger partial charge is 0.507 e. The summed E-state index contributed by atoms with van der Waals surface area (Å²) in [5.74, 6) is -1.51. The number of hydrogen-bond acceptors (Lipinski definition) is 5. The predicted octanol–water partition coefficient (Wildman–Crippen LogP) is 1.22. The van der Waals surface area contributed by atoms with Crippen molar-refractivity contribution in [1.29, 1.82) is 0 Å². The molecule has 7 heteroatoms. The Hall–Kier alpha value is -2.64. The molecule has 122 valence electrons. The number of rotatable bonds is 5. The van der Waals surface area contributed by atoms with E-state index in [1.165, 1.54) is 14.2 Å². The third-order valence-corrected chi connectivity index (χ3v) is 3.31. The lowest BCUT2D eigenvalue weighted by atomic mass is 10.1. The van der Waals surface area contributed by atoms with Gasteiger partial charge in [0.2, 0.25) is 0 Å². The minimum atomic E-state index is -0.813. The average Bonchev–Trinajstić information content (AvgIpc) is 2.56. The number of aromatic hydroxyl groups is 1. The second-order valence-corrected chi connectivity index (χ2v) is 4.74. The summed E-state index contributed by atoms with van der Waals surface area (Å²) in [5.41, 5.74) is 0.439. The lowest BCUT2D eigenvalue weighted by Crippen LogP contribution is -2.40. The lowest BCUT2D eigenvalue weighted by Gasteiger charge is -2.14. The zero-order valence-electron chi connectivity index (χ0n) is 12.8. The summed E-state index contributed by atoms with van der Waals surface area (Å²) in [5, 5.41) is 16.0. The van der Waals surface area contributed by atoms with Gasteiger partial charge in [-0.3, -0.25) is 9.59 Å². The molecule has 0 heterocycles. The van der Waals surface area contributed by atoms with Crippen LogP contribution in [0.2, 0.25) is 0 Å². The summed E-state index contributed by atoms with van der Waals surface area (Å²) in [7, 11) is 2.87. The molecule has 7 nitrogen and oxygen atoms in total. The van der Waals surface area contributed by atoms with Crippen LogP contribution >= 0.6 is 0 Å². The number of amides is 2. The number of carbonyl (C=O) groups is 2. The molecule has 0 radical (unpaired) electrons. The number of carbonyl (C=O) groups excluding carboxylic acids is 2. The molecule has 2 amide bonds. The molecule has 23 heavy (non-hydrogen) atoms. The first-order chi connectivity index (χ1) is 11.1. The topological polar surface area (TPSA) is 96.9 Å². The molecule has 2 aromatic carbocycles. The van der Waals surface area contributed by atoms with Gasteiger partial charge in [0, 0.05) is 30.7 Å². The maximum absolute atomic E-state index is 12.0. The van der Waals surface area contributed by atoms with Gasteiger partial charge in [0.25, 0.3) is 0 Å². The van der Waals surface area contributed by atoms with Crippen molar-refractivity contribution in [2.75, 3.05) is 26.1 Å². The highest BCUT2D eigenvalue weighted by atomic mass is 16.7. The summed E-state index contributed by atoms with van der Waals surface area (Å²) >= 11 is 0. The summed E-state index contributed by atoms with van der Waals surface area (Å²) in [4.78, 5) is 23.8. The Labute approximate surface area is 133 Å². The molecular formula is C16H18N2O5. The Kier molecular flexibility index (Phi) is 5.51. The monoisotopic (exact) mass is 318 g/mol. The molecule has 0 aliphatic rings. The maximum atomic E-state index is 12.0. The Morgan fingerprint density at radius 1 is 1.04 bits per heavy atom. The Bertz CT molecular complexity index is 713. The van der Waals surface area contributed by atoms with Crippen molar-refractivity contribution < 1.29 is 24.2 Å². The van der Waals surface area contributed by atoms with E-state index >= 15 is 0 Å². The predicted molar refractivity (Wildman–Crippen MR) is 85.1 cm³/mol. The second-order valence-electron chi connectivity index (χ2n) is 4.74. The standard InChI is InChI=1S/C16H18N2O5/c1-22-14(23-2)9-17-15(20)16(21)18-12-7-3-6-11-10(12)5-4-8-13(11)19/h3-8,14,19H,9H2,1-2H3,(H,17,20)(H,18,21). The van der Waals surface area contributed by atoms with Gasteiger partial charge in [-0.15, -0.1) is 0 Å². The van der Waals surface area contributed by atoms with Crippen LogP contribution in [-0.4, -0.2) is 44.0 Å². The van der Waals surface area contributed by atoms with Crippen molar-refractivity contribution in [3.05, 3.63) is 36.4 Å².